The van der Waals surface area contributed by atoms with Gasteiger partial charge in [0.1, 0.15) is 10.7 Å². The molecule has 0 saturated heterocycles. The molecule has 0 fully saturated rings. The number of hydrogen-bond acceptors (Lipinski definition) is 5. The average Bonchev–Trinajstić information content (AvgIpc) is 2.92. The molecule has 4 N–H and O–H groups in total. The molecule has 0 aliphatic rings. The van der Waals surface area contributed by atoms with Crippen LogP contribution in [0.4, 0.5) is 0 Å². The Morgan fingerprint density at radius 2 is 2.16 bits per heavy atom. The summed E-state index contributed by atoms with van der Waals surface area (Å²) in [5.74, 6) is 0.735. The van der Waals surface area contributed by atoms with Crippen LogP contribution in [0.15, 0.2) is 35.6 Å². The van der Waals surface area contributed by atoms with Crippen LogP contribution in [0.25, 0.3) is 0 Å². The monoisotopic (exact) mass is 281 g/mol. The van der Waals surface area contributed by atoms with Gasteiger partial charge < -0.3 is 10.7 Å². The fraction of sp³-hybridized carbons (Fsp3) is 0.273. The highest BCUT2D eigenvalue weighted by molar-refractivity contribution is 7.89. The summed E-state index contributed by atoms with van der Waals surface area (Å²) < 4.78 is 26.4. The van der Waals surface area contributed by atoms with Gasteiger partial charge in [-0.05, 0) is 12.1 Å². The largest absolute Gasteiger partial charge is 0.349 e. The number of nitrogens with one attached hydrogen (secondary N) is 2. The molecular weight excluding hydrogens is 266 g/mol. The van der Waals surface area contributed by atoms with Crippen molar-refractivity contribution in [3.63, 3.8) is 0 Å². The van der Waals surface area contributed by atoms with E-state index in [1.807, 2.05) is 0 Å². The number of nitrogens with two attached hydrogens (primary N) is 1. The lowest BCUT2D eigenvalue weighted by Crippen LogP contribution is -2.26. The number of sulfonamides is 1. The quantitative estimate of drug-likeness (QED) is 0.677. The third-order valence-electron chi connectivity index (χ3n) is 2.53. The van der Waals surface area contributed by atoms with Crippen LogP contribution in [0.3, 0.4) is 0 Å². The summed E-state index contributed by atoms with van der Waals surface area (Å²) in [7, 11) is -3.53. The smallest absolute Gasteiger partial charge is 0.242 e. The van der Waals surface area contributed by atoms with E-state index in [-0.39, 0.29) is 18.0 Å². The Kier molecular flexibility index (Phi) is 4.25. The zero-order chi connectivity index (χ0) is 13.7. The Morgan fingerprint density at radius 3 is 2.74 bits per heavy atom. The van der Waals surface area contributed by atoms with Crippen molar-refractivity contribution in [2.75, 3.05) is 6.54 Å². The Labute approximate surface area is 111 Å². The lowest BCUT2D eigenvalue weighted by molar-refractivity contribution is 0.580. The molecule has 0 amide bonds. The van der Waals surface area contributed by atoms with Crippen molar-refractivity contribution in [1.29, 1.82) is 0 Å². The van der Waals surface area contributed by atoms with E-state index in [4.69, 9.17) is 5.73 Å². The van der Waals surface area contributed by atoms with Crippen LogP contribution in [-0.4, -0.2) is 29.9 Å². The van der Waals surface area contributed by atoms with Crippen LogP contribution >= 0.6 is 0 Å². The number of aromatic amines is 1. The first kappa shape index (κ1) is 13.7. The second kappa shape index (κ2) is 5.91. The van der Waals surface area contributed by atoms with Crippen molar-refractivity contribution in [3.05, 3.63) is 42.2 Å². The summed E-state index contributed by atoms with van der Waals surface area (Å²) in [6.45, 7) is 0.556. The van der Waals surface area contributed by atoms with Gasteiger partial charge >= 0.3 is 0 Å². The molecule has 0 bridgehead atoms. The van der Waals surface area contributed by atoms with Gasteiger partial charge in [-0.25, -0.2) is 18.1 Å². The fourth-order valence-electron chi connectivity index (χ4n) is 1.51. The number of hydrogen-bond donors (Lipinski definition) is 3. The summed E-state index contributed by atoms with van der Waals surface area (Å²) in [6, 6.07) is 3.09. The predicted octanol–water partition coefficient (Wildman–Crippen LogP) is -0.216. The standard InChI is InChI=1S/C11H15N5O2S/c12-7-9-1-2-10(8-15-9)19(17,18)16-4-3-11-13-5-6-14-11/h1-2,5-6,8,16H,3-4,7,12H2,(H,13,14). The Balaban J connectivity index is 1.97. The number of pyridine rings is 1. The van der Waals surface area contributed by atoms with E-state index in [1.54, 1.807) is 18.5 Å². The molecule has 19 heavy (non-hydrogen) atoms. The molecule has 0 unspecified atom stereocenters. The van der Waals surface area contributed by atoms with Gasteiger partial charge in [0.05, 0.1) is 5.69 Å². The molecule has 0 radical (unpaired) electrons. The maximum atomic E-state index is 11.9. The van der Waals surface area contributed by atoms with Crippen LogP contribution in [0.5, 0.6) is 0 Å². The molecule has 2 aromatic heterocycles. The molecule has 0 aliphatic carbocycles. The average molecular weight is 281 g/mol. The molecule has 8 heteroatoms. The summed E-state index contributed by atoms with van der Waals surface area (Å²) >= 11 is 0. The molecule has 0 spiro atoms. The third kappa shape index (κ3) is 3.60. The first-order valence-electron chi connectivity index (χ1n) is 5.75. The highest BCUT2D eigenvalue weighted by atomic mass is 32.2. The topological polar surface area (TPSA) is 114 Å². The van der Waals surface area contributed by atoms with Crippen LogP contribution < -0.4 is 10.5 Å². The Bertz CT molecular complexity index is 607. The Hall–Kier alpha value is -1.77. The molecule has 0 aromatic carbocycles. The van der Waals surface area contributed by atoms with Gasteiger partial charge in [0.2, 0.25) is 10.0 Å². The normalized spacial score (nSPS) is 11.6. The van der Waals surface area contributed by atoms with Crippen LogP contribution in [0.2, 0.25) is 0 Å². The lowest BCUT2D eigenvalue weighted by atomic mass is 10.4. The van der Waals surface area contributed by atoms with Crippen molar-refractivity contribution in [2.24, 2.45) is 5.73 Å². The first-order valence-corrected chi connectivity index (χ1v) is 7.23. The number of aromatic nitrogens is 3. The first-order chi connectivity index (χ1) is 9.12. The maximum absolute atomic E-state index is 11.9. The summed E-state index contributed by atoms with van der Waals surface area (Å²) in [4.78, 5) is 11.0. The van der Waals surface area contributed by atoms with E-state index < -0.39 is 10.0 Å². The highest BCUT2D eigenvalue weighted by Crippen LogP contribution is 2.07. The molecule has 2 aromatic rings. The molecular formula is C11H15N5O2S. The third-order valence-corrected chi connectivity index (χ3v) is 3.97. The molecule has 2 rings (SSSR count). The van der Waals surface area contributed by atoms with Gasteiger partial charge in [-0.2, -0.15) is 0 Å². The summed E-state index contributed by atoms with van der Waals surface area (Å²) in [5.41, 5.74) is 6.05. The Morgan fingerprint density at radius 1 is 1.32 bits per heavy atom. The minimum atomic E-state index is -3.53. The van der Waals surface area contributed by atoms with Gasteiger partial charge in [-0.1, -0.05) is 0 Å². The number of nitrogens with zero attached hydrogens (tertiary/aromatic N) is 2. The van der Waals surface area contributed by atoms with E-state index in [9.17, 15) is 8.42 Å². The second-order valence-electron chi connectivity index (χ2n) is 3.87. The minimum Gasteiger partial charge on any atom is -0.349 e. The molecule has 0 saturated carbocycles. The van der Waals surface area contributed by atoms with Gasteiger partial charge in [-0.15, -0.1) is 0 Å². The minimum absolute atomic E-state index is 0.129. The summed E-state index contributed by atoms with van der Waals surface area (Å²) in [6.07, 6.45) is 5.12. The van der Waals surface area contributed by atoms with Crippen molar-refractivity contribution >= 4 is 10.0 Å². The van der Waals surface area contributed by atoms with E-state index >= 15 is 0 Å². The number of H-pyrrole nitrogens is 1. The van der Waals surface area contributed by atoms with E-state index in [2.05, 4.69) is 19.7 Å². The van der Waals surface area contributed by atoms with Crippen molar-refractivity contribution < 1.29 is 8.42 Å². The van der Waals surface area contributed by atoms with Gasteiger partial charge in [-0.3, -0.25) is 4.98 Å². The van der Waals surface area contributed by atoms with Crippen LogP contribution in [-0.2, 0) is 23.0 Å². The molecule has 0 aliphatic heterocycles. The highest BCUT2D eigenvalue weighted by Gasteiger charge is 2.13. The van der Waals surface area contributed by atoms with Crippen LogP contribution in [0.1, 0.15) is 11.5 Å². The maximum Gasteiger partial charge on any atom is 0.242 e. The molecule has 102 valence electrons. The molecule has 7 nitrogen and oxygen atoms in total. The van der Waals surface area contributed by atoms with E-state index in [0.717, 1.165) is 5.82 Å². The van der Waals surface area contributed by atoms with Gasteiger partial charge in [0.25, 0.3) is 0 Å². The van der Waals surface area contributed by atoms with Crippen molar-refractivity contribution in [1.82, 2.24) is 19.7 Å². The predicted molar refractivity (Wildman–Crippen MR) is 69.6 cm³/mol. The van der Waals surface area contributed by atoms with E-state index in [0.29, 0.717) is 12.1 Å². The fourth-order valence-corrected chi connectivity index (χ4v) is 2.49. The van der Waals surface area contributed by atoms with Crippen molar-refractivity contribution in [3.8, 4) is 0 Å². The lowest BCUT2D eigenvalue weighted by Gasteiger charge is -2.06. The molecule has 0 atom stereocenters. The second-order valence-corrected chi connectivity index (χ2v) is 5.64. The SMILES string of the molecule is NCc1ccc(S(=O)(=O)NCCc2ncc[nH]2)cn1. The van der Waals surface area contributed by atoms with Crippen molar-refractivity contribution in [2.45, 2.75) is 17.9 Å². The van der Waals surface area contributed by atoms with Crippen LogP contribution in [0, 0.1) is 0 Å². The van der Waals surface area contributed by atoms with E-state index in [1.165, 1.54) is 12.3 Å². The number of rotatable bonds is 6. The number of imidazole rings is 1. The van der Waals surface area contributed by atoms with Gasteiger partial charge in [0.15, 0.2) is 0 Å². The molecule has 2 heterocycles. The zero-order valence-corrected chi connectivity index (χ0v) is 11.0. The zero-order valence-electron chi connectivity index (χ0n) is 10.2. The van der Waals surface area contributed by atoms with Gasteiger partial charge in [0, 0.05) is 38.1 Å². The summed E-state index contributed by atoms with van der Waals surface area (Å²) in [5, 5.41) is 0.